The Balaban J connectivity index is 1.58. The molecule has 2 aromatic carbocycles. The number of aliphatic hydroxyl groups is 7. The van der Waals surface area contributed by atoms with Gasteiger partial charge in [-0.25, -0.2) is 0 Å². The van der Waals surface area contributed by atoms with Gasteiger partial charge in [-0.15, -0.1) is 0 Å². The summed E-state index contributed by atoms with van der Waals surface area (Å²) in [5, 5.41) is 90.6. The Labute approximate surface area is 236 Å². The lowest BCUT2D eigenvalue weighted by Crippen LogP contribution is -2.60. The molecule has 2 saturated heterocycles. The third-order valence-corrected chi connectivity index (χ3v) is 7.18. The van der Waals surface area contributed by atoms with E-state index >= 15 is 0 Å². The Hall–Kier alpha value is -3.51. The number of ether oxygens (including phenoxy) is 4. The third-order valence-electron chi connectivity index (χ3n) is 7.18. The molecule has 2 fully saturated rings. The number of phenols is 2. The molecule has 2 aliphatic heterocycles. The summed E-state index contributed by atoms with van der Waals surface area (Å²) in [7, 11) is 0. The first kappa shape index (κ1) is 30.0. The number of hydrogen-bond acceptors (Lipinski definition) is 15. The molecule has 0 unspecified atom stereocenters. The summed E-state index contributed by atoms with van der Waals surface area (Å²) in [5.41, 5.74) is -0.968. The van der Waals surface area contributed by atoms with Gasteiger partial charge in [-0.1, -0.05) is 0 Å². The number of phenolic OH excluding ortho intramolecular Hbond substituents is 2. The zero-order valence-corrected chi connectivity index (χ0v) is 21.9. The van der Waals surface area contributed by atoms with Crippen LogP contribution in [0.15, 0.2) is 45.6 Å². The summed E-state index contributed by atoms with van der Waals surface area (Å²) in [4.78, 5) is 13.7. The third kappa shape index (κ3) is 5.37. The smallest absolute Gasteiger partial charge is 0.239 e. The van der Waals surface area contributed by atoms with E-state index in [0.717, 1.165) is 6.07 Å². The van der Waals surface area contributed by atoms with Gasteiger partial charge in [0, 0.05) is 17.7 Å². The number of hydrogen-bond donors (Lipinski definition) is 9. The van der Waals surface area contributed by atoms with Gasteiger partial charge < -0.3 is 69.3 Å². The van der Waals surface area contributed by atoms with Crippen LogP contribution in [0.5, 0.6) is 23.0 Å². The van der Waals surface area contributed by atoms with E-state index < -0.39 is 90.3 Å². The van der Waals surface area contributed by atoms with E-state index in [1.165, 1.54) is 37.3 Å². The predicted molar refractivity (Wildman–Crippen MR) is 139 cm³/mol. The number of rotatable bonds is 6. The van der Waals surface area contributed by atoms with E-state index in [0.29, 0.717) is 0 Å². The van der Waals surface area contributed by atoms with Crippen LogP contribution in [-0.2, 0) is 9.47 Å². The van der Waals surface area contributed by atoms with Crippen LogP contribution in [-0.4, -0.2) is 114 Å². The van der Waals surface area contributed by atoms with Crippen LogP contribution in [0.2, 0.25) is 0 Å². The summed E-state index contributed by atoms with van der Waals surface area (Å²) in [6, 6.07) is 7.53. The zero-order valence-electron chi connectivity index (χ0n) is 21.9. The molecule has 0 spiro atoms. The van der Waals surface area contributed by atoms with Gasteiger partial charge in [0.2, 0.25) is 23.8 Å². The first-order chi connectivity index (χ1) is 19.9. The molecular weight excluding hydrogens is 564 g/mol. The van der Waals surface area contributed by atoms with Crippen LogP contribution in [0, 0.1) is 0 Å². The Morgan fingerprint density at radius 3 is 2.05 bits per heavy atom. The molecule has 10 atom stereocenters. The van der Waals surface area contributed by atoms with Crippen LogP contribution in [0.25, 0.3) is 22.3 Å². The first-order valence-electron chi connectivity index (χ1n) is 12.9. The average Bonchev–Trinajstić information content (AvgIpc) is 2.96. The summed E-state index contributed by atoms with van der Waals surface area (Å²) in [6.07, 6.45) is -15.5. The van der Waals surface area contributed by atoms with Gasteiger partial charge in [-0.2, -0.15) is 0 Å². The van der Waals surface area contributed by atoms with Gasteiger partial charge in [-0.05, 0) is 31.2 Å². The lowest BCUT2D eigenvalue weighted by Gasteiger charge is -2.39. The molecule has 3 aromatic rings. The highest BCUT2D eigenvalue weighted by Crippen LogP contribution is 2.38. The summed E-state index contributed by atoms with van der Waals surface area (Å²) < 4.78 is 28.0. The highest BCUT2D eigenvalue weighted by atomic mass is 16.7. The molecule has 1 aromatic heterocycles. The standard InChI is InChI=1S/C27H30O15/c1-9-17(31)20(34)22(36)26(38-9)42-25-19(33)16-13(30)6-12(39-27-23(37)21(35)18(32)15(8-28)41-27)7-14(16)40-24(25)10-2-4-11(29)5-3-10/h2-7,9,15,17-18,20-23,26-32,34-37H,8H2,1H3/t9-,15+,17-,18+,20+,21-,22-,23+,26-,27+/m0/s1. The second kappa shape index (κ2) is 11.6. The topological polar surface area (TPSA) is 249 Å². The van der Waals surface area contributed by atoms with Crippen LogP contribution < -0.4 is 14.9 Å². The summed E-state index contributed by atoms with van der Waals surface area (Å²) in [5.74, 6) is -1.74. The fraction of sp³-hybridized carbons (Fsp3) is 0.444. The average molecular weight is 595 g/mol. The molecular formula is C27H30O15. The highest BCUT2D eigenvalue weighted by molar-refractivity contribution is 5.88. The normalized spacial score (nSPS) is 33.4. The second-order valence-corrected chi connectivity index (χ2v) is 10.1. The molecule has 0 amide bonds. The fourth-order valence-electron chi connectivity index (χ4n) is 4.76. The summed E-state index contributed by atoms with van der Waals surface area (Å²) in [6.45, 7) is 0.721. The predicted octanol–water partition coefficient (Wildman–Crippen LogP) is -1.74. The van der Waals surface area contributed by atoms with Gasteiger partial charge in [0.25, 0.3) is 0 Å². The maximum Gasteiger partial charge on any atom is 0.239 e. The highest BCUT2D eigenvalue weighted by Gasteiger charge is 2.45. The van der Waals surface area contributed by atoms with Crippen LogP contribution in [0.4, 0.5) is 0 Å². The molecule has 9 N–H and O–H groups in total. The van der Waals surface area contributed by atoms with Crippen molar-refractivity contribution in [3.05, 3.63) is 46.6 Å². The lowest BCUT2D eigenvalue weighted by atomic mass is 9.99. The van der Waals surface area contributed by atoms with E-state index in [1.54, 1.807) is 0 Å². The molecule has 5 rings (SSSR count). The minimum Gasteiger partial charge on any atom is -0.508 e. The molecule has 228 valence electrons. The number of benzene rings is 2. The van der Waals surface area contributed by atoms with Gasteiger partial charge in [0.15, 0.2) is 5.76 Å². The van der Waals surface area contributed by atoms with Crippen molar-refractivity contribution >= 4 is 11.0 Å². The van der Waals surface area contributed by atoms with E-state index in [4.69, 9.17) is 23.4 Å². The van der Waals surface area contributed by atoms with Crippen LogP contribution in [0.1, 0.15) is 6.92 Å². The Bertz CT molecular complexity index is 1470. The number of aromatic hydroxyl groups is 2. The molecule has 15 heteroatoms. The molecule has 3 heterocycles. The molecule has 0 radical (unpaired) electrons. The van der Waals surface area contributed by atoms with Crippen molar-refractivity contribution in [1.29, 1.82) is 0 Å². The minimum absolute atomic E-state index is 0.103. The Kier molecular flexibility index (Phi) is 8.30. The zero-order chi connectivity index (χ0) is 30.5. The molecule has 0 aliphatic carbocycles. The van der Waals surface area contributed by atoms with E-state index in [-0.39, 0.29) is 28.4 Å². The van der Waals surface area contributed by atoms with Crippen molar-refractivity contribution in [3.8, 4) is 34.3 Å². The quantitative estimate of drug-likeness (QED) is 0.154. The van der Waals surface area contributed by atoms with Gasteiger partial charge in [0.1, 0.15) is 70.9 Å². The SMILES string of the molecule is C[C@@H]1O[C@@H](Oc2c(-c3ccc(O)cc3)oc3cc(O[C@@H]4O[C@H](CO)[C@@H](O)[C@H](O)[C@H]4O)cc(O)c3c2=O)[C@@H](O)[C@H](O)[C@H]1O. The number of aliphatic hydroxyl groups excluding tert-OH is 7. The fourth-order valence-corrected chi connectivity index (χ4v) is 4.76. The Morgan fingerprint density at radius 1 is 0.786 bits per heavy atom. The van der Waals surface area contributed by atoms with Crippen molar-refractivity contribution in [2.24, 2.45) is 0 Å². The maximum atomic E-state index is 13.7. The van der Waals surface area contributed by atoms with Gasteiger partial charge in [0.05, 0.1) is 12.7 Å². The van der Waals surface area contributed by atoms with Gasteiger partial charge >= 0.3 is 0 Å². The van der Waals surface area contributed by atoms with Crippen molar-refractivity contribution in [2.45, 2.75) is 68.3 Å². The second-order valence-electron chi connectivity index (χ2n) is 10.1. The first-order valence-corrected chi connectivity index (χ1v) is 12.9. The maximum absolute atomic E-state index is 13.7. The Morgan fingerprint density at radius 2 is 1.40 bits per heavy atom. The van der Waals surface area contributed by atoms with Crippen molar-refractivity contribution in [3.63, 3.8) is 0 Å². The van der Waals surface area contributed by atoms with Crippen molar-refractivity contribution in [1.82, 2.24) is 0 Å². The largest absolute Gasteiger partial charge is 0.508 e. The monoisotopic (exact) mass is 594 g/mol. The van der Waals surface area contributed by atoms with E-state index in [9.17, 15) is 50.8 Å². The molecule has 0 bridgehead atoms. The van der Waals surface area contributed by atoms with Gasteiger partial charge in [-0.3, -0.25) is 4.79 Å². The molecule has 42 heavy (non-hydrogen) atoms. The minimum atomic E-state index is -1.78. The van der Waals surface area contributed by atoms with E-state index in [2.05, 4.69) is 0 Å². The van der Waals surface area contributed by atoms with Crippen molar-refractivity contribution in [2.75, 3.05) is 6.61 Å². The molecule has 15 nitrogen and oxygen atoms in total. The van der Waals surface area contributed by atoms with E-state index in [1.807, 2.05) is 0 Å². The summed E-state index contributed by atoms with van der Waals surface area (Å²) >= 11 is 0. The lowest BCUT2D eigenvalue weighted by molar-refractivity contribution is -0.277. The van der Waals surface area contributed by atoms with Crippen molar-refractivity contribution < 1.29 is 69.3 Å². The van der Waals surface area contributed by atoms with Crippen LogP contribution >= 0.6 is 0 Å². The number of fused-ring (bicyclic) bond motifs is 1. The van der Waals surface area contributed by atoms with Crippen LogP contribution in [0.3, 0.4) is 0 Å². The molecule has 0 saturated carbocycles. The molecule has 2 aliphatic rings.